The van der Waals surface area contributed by atoms with E-state index >= 15 is 0 Å². The zero-order valence-corrected chi connectivity index (χ0v) is 13.6. The molecule has 1 aromatic heterocycles. The maximum atomic E-state index is 12.6. The first kappa shape index (κ1) is 16.5. The van der Waals surface area contributed by atoms with E-state index in [-0.39, 0.29) is 5.91 Å². The molecular formula is C16H20N2O3S. The Labute approximate surface area is 134 Å². The molecule has 1 aromatic carbocycles. The fourth-order valence-electron chi connectivity index (χ4n) is 2.12. The highest BCUT2D eigenvalue weighted by molar-refractivity contribution is 7.11. The molecule has 2 aromatic rings. The first-order valence-corrected chi connectivity index (χ1v) is 7.92. The van der Waals surface area contributed by atoms with Gasteiger partial charge in [0, 0.05) is 26.8 Å². The van der Waals surface area contributed by atoms with Gasteiger partial charge in [-0.2, -0.15) is 0 Å². The number of nitrogens with zero attached hydrogens (tertiary/aromatic N) is 2. The first-order chi connectivity index (χ1) is 10.7. The van der Waals surface area contributed by atoms with Crippen LogP contribution in [0.4, 0.5) is 0 Å². The number of benzene rings is 1. The molecule has 0 atom stereocenters. The molecule has 6 heteroatoms. The summed E-state index contributed by atoms with van der Waals surface area (Å²) in [6.45, 7) is 1.81. The van der Waals surface area contributed by atoms with E-state index in [0.717, 1.165) is 17.7 Å². The van der Waals surface area contributed by atoms with Crippen molar-refractivity contribution in [3.8, 4) is 5.75 Å². The SMILES string of the molecule is COCCCN(Cc1cccc(OC)c1)C(=O)c1cncs1. The molecule has 0 bridgehead atoms. The summed E-state index contributed by atoms with van der Waals surface area (Å²) in [7, 11) is 3.30. The average Bonchev–Trinajstić information content (AvgIpc) is 3.08. The highest BCUT2D eigenvalue weighted by atomic mass is 32.1. The van der Waals surface area contributed by atoms with Gasteiger partial charge < -0.3 is 14.4 Å². The number of aromatic nitrogens is 1. The molecule has 1 amide bonds. The van der Waals surface area contributed by atoms with Gasteiger partial charge in [-0.25, -0.2) is 0 Å². The predicted octanol–water partition coefficient (Wildman–Crippen LogP) is 2.83. The average molecular weight is 320 g/mol. The Kier molecular flexibility index (Phi) is 6.36. The number of rotatable bonds is 8. The van der Waals surface area contributed by atoms with E-state index in [1.165, 1.54) is 11.3 Å². The molecule has 22 heavy (non-hydrogen) atoms. The minimum absolute atomic E-state index is 0.00132. The molecule has 1 heterocycles. The summed E-state index contributed by atoms with van der Waals surface area (Å²) in [6.07, 6.45) is 2.41. The van der Waals surface area contributed by atoms with Crippen molar-refractivity contribution in [2.45, 2.75) is 13.0 Å². The molecule has 0 aliphatic carbocycles. The highest BCUT2D eigenvalue weighted by Gasteiger charge is 2.17. The van der Waals surface area contributed by atoms with Gasteiger partial charge >= 0.3 is 0 Å². The van der Waals surface area contributed by atoms with Gasteiger partial charge in [-0.05, 0) is 24.1 Å². The molecule has 0 saturated heterocycles. The minimum Gasteiger partial charge on any atom is -0.497 e. The summed E-state index contributed by atoms with van der Waals surface area (Å²) in [5, 5.41) is 0. The van der Waals surface area contributed by atoms with Crippen molar-refractivity contribution in [3.05, 3.63) is 46.4 Å². The van der Waals surface area contributed by atoms with Gasteiger partial charge in [0.2, 0.25) is 0 Å². The van der Waals surface area contributed by atoms with Gasteiger partial charge in [-0.3, -0.25) is 9.78 Å². The van der Waals surface area contributed by atoms with E-state index in [1.54, 1.807) is 25.9 Å². The van der Waals surface area contributed by atoms with Crippen LogP contribution in [0.1, 0.15) is 21.7 Å². The topological polar surface area (TPSA) is 51.7 Å². The lowest BCUT2D eigenvalue weighted by Gasteiger charge is -2.22. The van der Waals surface area contributed by atoms with E-state index in [1.807, 2.05) is 29.2 Å². The van der Waals surface area contributed by atoms with E-state index in [4.69, 9.17) is 9.47 Å². The van der Waals surface area contributed by atoms with Gasteiger partial charge in [0.05, 0.1) is 18.8 Å². The van der Waals surface area contributed by atoms with Gasteiger partial charge in [0.1, 0.15) is 10.6 Å². The van der Waals surface area contributed by atoms with Crippen LogP contribution in [0.5, 0.6) is 5.75 Å². The smallest absolute Gasteiger partial charge is 0.265 e. The number of hydrogen-bond acceptors (Lipinski definition) is 5. The second kappa shape index (κ2) is 8.51. The molecule has 0 N–H and O–H groups in total. The molecule has 0 saturated carbocycles. The van der Waals surface area contributed by atoms with Crippen molar-refractivity contribution in [3.63, 3.8) is 0 Å². The number of thiazole rings is 1. The van der Waals surface area contributed by atoms with Gasteiger partial charge in [0.25, 0.3) is 5.91 Å². The normalized spacial score (nSPS) is 10.5. The van der Waals surface area contributed by atoms with Crippen molar-refractivity contribution in [2.24, 2.45) is 0 Å². The van der Waals surface area contributed by atoms with Crippen LogP contribution < -0.4 is 4.74 Å². The number of hydrogen-bond donors (Lipinski definition) is 0. The summed E-state index contributed by atoms with van der Waals surface area (Å²) in [5.74, 6) is 0.793. The van der Waals surface area contributed by atoms with Crippen molar-refractivity contribution in [1.82, 2.24) is 9.88 Å². The van der Waals surface area contributed by atoms with Crippen molar-refractivity contribution < 1.29 is 14.3 Å². The second-order valence-electron chi connectivity index (χ2n) is 4.79. The Hall–Kier alpha value is -1.92. The van der Waals surface area contributed by atoms with Gasteiger partial charge in [-0.15, -0.1) is 11.3 Å². The Bertz CT molecular complexity index is 587. The van der Waals surface area contributed by atoms with Crippen LogP contribution in [-0.4, -0.2) is 43.2 Å². The lowest BCUT2D eigenvalue weighted by Crippen LogP contribution is -2.31. The van der Waals surface area contributed by atoms with Crippen LogP contribution in [0, 0.1) is 0 Å². The molecule has 118 valence electrons. The number of carbonyl (C=O) groups excluding carboxylic acids is 1. The van der Waals surface area contributed by atoms with Crippen LogP contribution in [0.25, 0.3) is 0 Å². The predicted molar refractivity (Wildman–Crippen MR) is 86.3 cm³/mol. The molecule has 0 unspecified atom stereocenters. The monoisotopic (exact) mass is 320 g/mol. The number of carbonyl (C=O) groups is 1. The fourth-order valence-corrected chi connectivity index (χ4v) is 2.71. The van der Waals surface area contributed by atoms with E-state index in [0.29, 0.717) is 24.6 Å². The quantitative estimate of drug-likeness (QED) is 0.702. The molecular weight excluding hydrogens is 300 g/mol. The largest absolute Gasteiger partial charge is 0.497 e. The molecule has 0 fully saturated rings. The molecule has 5 nitrogen and oxygen atoms in total. The first-order valence-electron chi connectivity index (χ1n) is 7.04. The van der Waals surface area contributed by atoms with Gasteiger partial charge in [-0.1, -0.05) is 12.1 Å². The Morgan fingerprint density at radius 2 is 2.23 bits per heavy atom. The molecule has 0 spiro atoms. The van der Waals surface area contributed by atoms with Crippen LogP contribution in [0.3, 0.4) is 0 Å². The third-order valence-corrected chi connectivity index (χ3v) is 3.98. The Morgan fingerprint density at radius 3 is 2.91 bits per heavy atom. The highest BCUT2D eigenvalue weighted by Crippen LogP contribution is 2.17. The number of methoxy groups -OCH3 is 2. The van der Waals surface area contributed by atoms with Crippen LogP contribution in [0.2, 0.25) is 0 Å². The summed E-state index contributed by atoms with van der Waals surface area (Å²) in [5.41, 5.74) is 2.71. The zero-order chi connectivity index (χ0) is 15.8. The number of ether oxygens (including phenoxy) is 2. The third-order valence-electron chi connectivity index (χ3n) is 3.21. The summed E-state index contributed by atoms with van der Waals surface area (Å²) in [4.78, 5) is 19.0. The second-order valence-corrected chi connectivity index (χ2v) is 5.68. The third kappa shape index (κ3) is 4.54. The summed E-state index contributed by atoms with van der Waals surface area (Å²) in [6, 6.07) is 7.76. The molecule has 0 aliphatic rings. The zero-order valence-electron chi connectivity index (χ0n) is 12.8. The molecule has 0 radical (unpaired) electrons. The maximum Gasteiger partial charge on any atom is 0.265 e. The van der Waals surface area contributed by atoms with Crippen molar-refractivity contribution in [1.29, 1.82) is 0 Å². The fraction of sp³-hybridized carbons (Fsp3) is 0.375. The lowest BCUT2D eigenvalue weighted by molar-refractivity contribution is 0.0728. The lowest BCUT2D eigenvalue weighted by atomic mass is 10.2. The number of amides is 1. The van der Waals surface area contributed by atoms with Crippen molar-refractivity contribution >= 4 is 17.2 Å². The van der Waals surface area contributed by atoms with E-state index in [2.05, 4.69) is 4.98 Å². The van der Waals surface area contributed by atoms with Crippen molar-refractivity contribution in [2.75, 3.05) is 27.4 Å². The minimum atomic E-state index is 0.00132. The molecule has 0 aliphatic heterocycles. The summed E-state index contributed by atoms with van der Waals surface area (Å²) < 4.78 is 10.3. The maximum absolute atomic E-state index is 12.6. The Morgan fingerprint density at radius 1 is 1.36 bits per heavy atom. The summed E-state index contributed by atoms with van der Waals surface area (Å²) >= 11 is 1.36. The van der Waals surface area contributed by atoms with Crippen LogP contribution >= 0.6 is 11.3 Å². The van der Waals surface area contributed by atoms with Crippen LogP contribution in [-0.2, 0) is 11.3 Å². The van der Waals surface area contributed by atoms with E-state index < -0.39 is 0 Å². The van der Waals surface area contributed by atoms with E-state index in [9.17, 15) is 4.79 Å². The molecule has 2 rings (SSSR count). The van der Waals surface area contributed by atoms with Crippen LogP contribution in [0.15, 0.2) is 36.0 Å². The van der Waals surface area contributed by atoms with Gasteiger partial charge in [0.15, 0.2) is 0 Å². The Balaban J connectivity index is 2.11. The standard InChI is InChI=1S/C16H20N2O3S/c1-20-8-4-7-18(16(19)15-10-17-12-22-15)11-13-5-3-6-14(9-13)21-2/h3,5-6,9-10,12H,4,7-8,11H2,1-2H3.